The standard InChI is InChI=1S/C12H11ClN2O3/c1-7-10(6-11(16)17)12(18)15(14-7)9-4-2-8(13)3-5-9/h2-5,10H,6H2,1H3,(H,16,17). The van der Waals surface area contributed by atoms with E-state index in [0.29, 0.717) is 16.4 Å². The predicted octanol–water partition coefficient (Wildman–Crippen LogP) is 2.15. The van der Waals surface area contributed by atoms with E-state index >= 15 is 0 Å². The van der Waals surface area contributed by atoms with Crippen LogP contribution in [0, 0.1) is 5.92 Å². The van der Waals surface area contributed by atoms with Crippen LogP contribution >= 0.6 is 11.6 Å². The van der Waals surface area contributed by atoms with Gasteiger partial charge in [-0.1, -0.05) is 11.6 Å². The first kappa shape index (κ1) is 12.6. The van der Waals surface area contributed by atoms with E-state index < -0.39 is 11.9 Å². The van der Waals surface area contributed by atoms with Crippen molar-refractivity contribution in [3.05, 3.63) is 29.3 Å². The highest BCUT2D eigenvalue weighted by atomic mass is 35.5. The minimum Gasteiger partial charge on any atom is -0.481 e. The van der Waals surface area contributed by atoms with Crippen molar-refractivity contribution in [3.8, 4) is 0 Å². The quantitative estimate of drug-likeness (QED) is 0.911. The van der Waals surface area contributed by atoms with E-state index in [1.165, 1.54) is 5.01 Å². The second kappa shape index (κ2) is 4.78. The summed E-state index contributed by atoms with van der Waals surface area (Å²) < 4.78 is 0. The molecule has 18 heavy (non-hydrogen) atoms. The third kappa shape index (κ3) is 2.36. The van der Waals surface area contributed by atoms with Crippen LogP contribution in [-0.4, -0.2) is 22.7 Å². The first-order valence-corrected chi connectivity index (χ1v) is 5.73. The van der Waals surface area contributed by atoms with Crippen LogP contribution in [0.3, 0.4) is 0 Å². The van der Waals surface area contributed by atoms with Gasteiger partial charge in [-0.05, 0) is 31.2 Å². The number of benzene rings is 1. The van der Waals surface area contributed by atoms with Gasteiger partial charge in [0.25, 0.3) is 5.91 Å². The van der Waals surface area contributed by atoms with Crippen LogP contribution in [0.25, 0.3) is 0 Å². The molecule has 1 unspecified atom stereocenters. The Bertz CT molecular complexity index is 525. The first-order valence-electron chi connectivity index (χ1n) is 5.35. The molecule has 1 aromatic carbocycles. The molecule has 1 atom stereocenters. The molecule has 0 saturated heterocycles. The zero-order valence-corrected chi connectivity index (χ0v) is 10.4. The number of amides is 1. The highest BCUT2D eigenvalue weighted by Gasteiger charge is 2.35. The highest BCUT2D eigenvalue weighted by Crippen LogP contribution is 2.26. The van der Waals surface area contributed by atoms with Crippen molar-refractivity contribution in [2.75, 3.05) is 5.01 Å². The number of carbonyl (C=O) groups excluding carboxylic acids is 1. The smallest absolute Gasteiger partial charge is 0.304 e. The normalized spacial score (nSPS) is 19.0. The minimum absolute atomic E-state index is 0.238. The fraction of sp³-hybridized carbons (Fsp3) is 0.250. The van der Waals surface area contributed by atoms with Crippen molar-refractivity contribution in [2.45, 2.75) is 13.3 Å². The summed E-state index contributed by atoms with van der Waals surface area (Å²) in [5.41, 5.74) is 1.09. The maximum atomic E-state index is 12.1. The summed E-state index contributed by atoms with van der Waals surface area (Å²) in [4.78, 5) is 22.7. The Morgan fingerprint density at radius 2 is 2.06 bits per heavy atom. The number of carboxylic acids is 1. The Morgan fingerprint density at radius 3 is 2.61 bits per heavy atom. The Labute approximate surface area is 109 Å². The largest absolute Gasteiger partial charge is 0.481 e. The third-order valence-electron chi connectivity index (χ3n) is 2.72. The topological polar surface area (TPSA) is 70.0 Å². The molecule has 0 aromatic heterocycles. The zero-order valence-electron chi connectivity index (χ0n) is 9.63. The second-order valence-electron chi connectivity index (χ2n) is 4.02. The number of carbonyl (C=O) groups is 2. The van der Waals surface area contributed by atoms with Crippen LogP contribution in [0.4, 0.5) is 5.69 Å². The molecule has 1 aliphatic rings. The summed E-state index contributed by atoms with van der Waals surface area (Å²) in [5.74, 6) is -2.02. The summed E-state index contributed by atoms with van der Waals surface area (Å²) >= 11 is 5.76. The van der Waals surface area contributed by atoms with Crippen LogP contribution in [-0.2, 0) is 9.59 Å². The summed E-state index contributed by atoms with van der Waals surface area (Å²) in [6.45, 7) is 1.65. The van der Waals surface area contributed by atoms with Gasteiger partial charge in [-0.2, -0.15) is 5.10 Å². The van der Waals surface area contributed by atoms with Gasteiger partial charge < -0.3 is 5.11 Å². The molecule has 0 spiro atoms. The number of aliphatic carboxylic acids is 1. The SMILES string of the molecule is CC1=NN(c2ccc(Cl)cc2)C(=O)C1CC(=O)O. The average Bonchev–Trinajstić information content (AvgIpc) is 2.58. The molecular formula is C12H11ClN2O3. The van der Waals surface area contributed by atoms with E-state index in [2.05, 4.69) is 5.10 Å². The molecule has 0 radical (unpaired) electrons. The number of carboxylic acid groups (broad SMARTS) is 1. The van der Waals surface area contributed by atoms with Gasteiger partial charge in [0.05, 0.1) is 18.0 Å². The lowest BCUT2D eigenvalue weighted by Gasteiger charge is -2.13. The van der Waals surface area contributed by atoms with Crippen LogP contribution in [0.1, 0.15) is 13.3 Å². The first-order chi connectivity index (χ1) is 8.49. The molecule has 1 aromatic rings. The molecule has 1 aliphatic heterocycles. The number of rotatable bonds is 3. The molecule has 2 rings (SSSR count). The molecule has 0 saturated carbocycles. The van der Waals surface area contributed by atoms with Crippen LogP contribution in [0.15, 0.2) is 29.4 Å². The molecule has 5 nitrogen and oxygen atoms in total. The summed E-state index contributed by atoms with van der Waals surface area (Å²) in [6.07, 6.45) is -0.238. The Kier molecular flexibility index (Phi) is 3.34. The molecule has 0 aliphatic carbocycles. The molecule has 1 heterocycles. The van der Waals surface area contributed by atoms with Gasteiger partial charge in [-0.3, -0.25) is 9.59 Å². The number of nitrogens with zero attached hydrogens (tertiary/aromatic N) is 2. The lowest BCUT2D eigenvalue weighted by molar-refractivity contribution is -0.139. The van der Waals surface area contributed by atoms with Gasteiger partial charge >= 0.3 is 5.97 Å². The Morgan fingerprint density at radius 1 is 1.44 bits per heavy atom. The fourth-order valence-corrected chi connectivity index (χ4v) is 1.91. The van der Waals surface area contributed by atoms with Crippen molar-refractivity contribution in [1.82, 2.24) is 0 Å². The Hall–Kier alpha value is -1.88. The minimum atomic E-state index is -1.01. The zero-order chi connectivity index (χ0) is 13.3. The maximum Gasteiger partial charge on any atom is 0.304 e. The van der Waals surface area contributed by atoms with E-state index in [1.54, 1.807) is 31.2 Å². The van der Waals surface area contributed by atoms with E-state index in [4.69, 9.17) is 16.7 Å². The van der Waals surface area contributed by atoms with Crippen LogP contribution < -0.4 is 5.01 Å². The third-order valence-corrected chi connectivity index (χ3v) is 2.97. The van der Waals surface area contributed by atoms with Gasteiger partial charge in [0, 0.05) is 10.7 Å². The number of hydrogen-bond donors (Lipinski definition) is 1. The van der Waals surface area contributed by atoms with E-state index in [-0.39, 0.29) is 12.3 Å². The van der Waals surface area contributed by atoms with Crippen molar-refractivity contribution in [1.29, 1.82) is 0 Å². The lowest BCUT2D eigenvalue weighted by atomic mass is 10.0. The van der Waals surface area contributed by atoms with E-state index in [9.17, 15) is 9.59 Å². The number of anilines is 1. The van der Waals surface area contributed by atoms with Crippen molar-refractivity contribution in [2.24, 2.45) is 11.0 Å². The fourth-order valence-electron chi connectivity index (χ4n) is 1.78. The molecular weight excluding hydrogens is 256 g/mol. The summed E-state index contributed by atoms with van der Waals surface area (Å²) in [6, 6.07) is 6.64. The molecule has 1 N–H and O–H groups in total. The molecule has 94 valence electrons. The number of hydrogen-bond acceptors (Lipinski definition) is 3. The van der Waals surface area contributed by atoms with Crippen molar-refractivity contribution < 1.29 is 14.7 Å². The molecule has 1 amide bonds. The molecule has 0 fully saturated rings. The van der Waals surface area contributed by atoms with E-state index in [0.717, 1.165) is 0 Å². The summed E-state index contributed by atoms with van der Waals surface area (Å²) in [5, 5.41) is 14.6. The second-order valence-corrected chi connectivity index (χ2v) is 4.45. The number of hydrazone groups is 1. The maximum absolute atomic E-state index is 12.1. The number of halogens is 1. The van der Waals surface area contributed by atoms with Crippen molar-refractivity contribution in [3.63, 3.8) is 0 Å². The van der Waals surface area contributed by atoms with Crippen LogP contribution in [0.2, 0.25) is 5.02 Å². The predicted molar refractivity (Wildman–Crippen MR) is 67.8 cm³/mol. The van der Waals surface area contributed by atoms with E-state index in [1.807, 2.05) is 0 Å². The monoisotopic (exact) mass is 266 g/mol. The van der Waals surface area contributed by atoms with Gasteiger partial charge in [0.1, 0.15) is 0 Å². The Balaban J connectivity index is 2.25. The van der Waals surface area contributed by atoms with Gasteiger partial charge in [0.15, 0.2) is 0 Å². The van der Waals surface area contributed by atoms with Gasteiger partial charge in [-0.15, -0.1) is 0 Å². The molecule has 0 bridgehead atoms. The highest BCUT2D eigenvalue weighted by molar-refractivity contribution is 6.30. The van der Waals surface area contributed by atoms with Crippen molar-refractivity contribution >= 4 is 34.9 Å². The van der Waals surface area contributed by atoms with Crippen LogP contribution in [0.5, 0.6) is 0 Å². The van der Waals surface area contributed by atoms with Gasteiger partial charge in [-0.25, -0.2) is 5.01 Å². The lowest BCUT2D eigenvalue weighted by Crippen LogP contribution is -2.28. The average molecular weight is 267 g/mol. The summed E-state index contributed by atoms with van der Waals surface area (Å²) in [7, 11) is 0. The molecule has 6 heteroatoms. The van der Waals surface area contributed by atoms with Gasteiger partial charge in [0.2, 0.25) is 0 Å².